The molecule has 1 heterocycles. The molecule has 0 aliphatic carbocycles. The molecule has 0 amide bonds. The molecule has 6 heteroatoms. The van der Waals surface area contributed by atoms with Gasteiger partial charge in [0.2, 0.25) is 5.89 Å². The van der Waals surface area contributed by atoms with Gasteiger partial charge in [0, 0.05) is 11.6 Å². The lowest BCUT2D eigenvalue weighted by Gasteiger charge is -1.99. The second-order valence-electron chi connectivity index (χ2n) is 4.71. The van der Waals surface area contributed by atoms with Gasteiger partial charge in [-0.15, -0.1) is 0 Å². The Morgan fingerprint density at radius 1 is 1.29 bits per heavy atom. The zero-order valence-corrected chi connectivity index (χ0v) is 11.4. The summed E-state index contributed by atoms with van der Waals surface area (Å²) < 4.78 is 5.65. The summed E-state index contributed by atoms with van der Waals surface area (Å²) in [6.07, 6.45) is 0.908. The summed E-state index contributed by atoms with van der Waals surface area (Å²) in [5, 5.41) is 10.9. The molecule has 6 nitrogen and oxygen atoms in total. The van der Waals surface area contributed by atoms with Crippen molar-refractivity contribution in [3.8, 4) is 11.5 Å². The van der Waals surface area contributed by atoms with Gasteiger partial charge >= 0.3 is 0 Å². The second kappa shape index (κ2) is 4.90. The lowest BCUT2D eigenvalue weighted by molar-refractivity contribution is -0.383. The van der Waals surface area contributed by atoms with Crippen LogP contribution >= 0.6 is 0 Å². The Kier molecular flexibility index (Phi) is 3.06. The molecule has 0 fully saturated rings. The first-order chi connectivity index (χ1) is 10.1. The summed E-state index contributed by atoms with van der Waals surface area (Å²) in [5.41, 5.74) is 8.64. The zero-order chi connectivity index (χ0) is 15.0. The highest BCUT2D eigenvalue weighted by Crippen LogP contribution is 2.30. The van der Waals surface area contributed by atoms with Crippen LogP contribution in [0.15, 0.2) is 40.8 Å². The normalized spacial score (nSPS) is 10.9. The fourth-order valence-electron chi connectivity index (χ4n) is 2.15. The molecular formula is C15H13N3O3. The van der Waals surface area contributed by atoms with Gasteiger partial charge in [-0.1, -0.05) is 13.0 Å². The predicted octanol–water partition coefficient (Wildman–Crippen LogP) is 3.55. The Morgan fingerprint density at radius 3 is 2.81 bits per heavy atom. The summed E-state index contributed by atoms with van der Waals surface area (Å²) in [6.45, 7) is 2.06. The molecule has 0 saturated heterocycles. The molecule has 3 aromatic rings. The lowest BCUT2D eigenvalue weighted by Crippen LogP contribution is -1.95. The number of aromatic nitrogens is 1. The average Bonchev–Trinajstić information content (AvgIpc) is 2.90. The monoisotopic (exact) mass is 283 g/mol. The van der Waals surface area contributed by atoms with Crippen molar-refractivity contribution >= 4 is 22.5 Å². The number of fused-ring (bicyclic) bond motifs is 1. The molecule has 0 unspecified atom stereocenters. The van der Waals surface area contributed by atoms with Crippen molar-refractivity contribution < 1.29 is 9.34 Å². The van der Waals surface area contributed by atoms with Crippen molar-refractivity contribution in [3.63, 3.8) is 0 Å². The first-order valence-electron chi connectivity index (χ1n) is 6.52. The number of anilines is 1. The third kappa shape index (κ3) is 2.31. The van der Waals surface area contributed by atoms with E-state index in [1.165, 1.54) is 12.1 Å². The van der Waals surface area contributed by atoms with Gasteiger partial charge in [0.15, 0.2) is 5.58 Å². The van der Waals surface area contributed by atoms with Crippen molar-refractivity contribution in [2.45, 2.75) is 13.3 Å². The van der Waals surface area contributed by atoms with Gasteiger partial charge in [-0.05, 0) is 36.2 Å². The van der Waals surface area contributed by atoms with Crippen LogP contribution < -0.4 is 5.73 Å². The van der Waals surface area contributed by atoms with Gasteiger partial charge < -0.3 is 10.2 Å². The minimum atomic E-state index is -0.517. The maximum Gasteiger partial charge on any atom is 0.292 e. The Hall–Kier alpha value is -2.89. The highest BCUT2D eigenvalue weighted by Gasteiger charge is 2.16. The van der Waals surface area contributed by atoms with Crippen molar-refractivity contribution in [2.75, 3.05) is 5.73 Å². The van der Waals surface area contributed by atoms with Crippen LogP contribution in [0.5, 0.6) is 0 Å². The van der Waals surface area contributed by atoms with Crippen LogP contribution in [-0.2, 0) is 6.42 Å². The van der Waals surface area contributed by atoms with E-state index in [0.717, 1.165) is 17.5 Å². The summed E-state index contributed by atoms with van der Waals surface area (Å²) in [4.78, 5) is 14.8. The molecule has 1 aromatic heterocycles. The van der Waals surface area contributed by atoms with Crippen molar-refractivity contribution in [1.82, 2.24) is 4.98 Å². The summed E-state index contributed by atoms with van der Waals surface area (Å²) in [6, 6.07) is 10.3. The Morgan fingerprint density at radius 2 is 2.10 bits per heavy atom. The van der Waals surface area contributed by atoms with Crippen molar-refractivity contribution in [1.29, 1.82) is 0 Å². The fraction of sp³-hybridized carbons (Fsp3) is 0.133. The van der Waals surface area contributed by atoms with Gasteiger partial charge in [-0.25, -0.2) is 4.98 Å². The maximum atomic E-state index is 10.9. The molecule has 2 aromatic carbocycles. The molecule has 21 heavy (non-hydrogen) atoms. The smallest absolute Gasteiger partial charge is 0.292 e. The van der Waals surface area contributed by atoms with Crippen LogP contribution in [0.4, 0.5) is 11.4 Å². The fourth-order valence-corrected chi connectivity index (χ4v) is 2.15. The van der Waals surface area contributed by atoms with Crippen molar-refractivity contribution in [3.05, 3.63) is 52.1 Å². The molecule has 0 bridgehead atoms. The topological polar surface area (TPSA) is 95.2 Å². The van der Waals surface area contributed by atoms with Crippen LogP contribution in [0.25, 0.3) is 22.6 Å². The molecule has 0 aliphatic rings. The lowest BCUT2D eigenvalue weighted by atomic mass is 10.1. The predicted molar refractivity (Wildman–Crippen MR) is 79.9 cm³/mol. The molecule has 2 N–H and O–H groups in total. The van der Waals surface area contributed by atoms with Gasteiger partial charge in [0.25, 0.3) is 5.69 Å². The highest BCUT2D eigenvalue weighted by atomic mass is 16.6. The first-order valence-corrected chi connectivity index (χ1v) is 6.52. The van der Waals surface area contributed by atoms with E-state index in [1.54, 1.807) is 6.07 Å². The number of nitrogen functional groups attached to an aromatic ring is 1. The average molecular weight is 283 g/mol. The number of nitrogens with two attached hydrogens (primary N) is 1. The Balaban J connectivity index is 2.12. The van der Waals surface area contributed by atoms with E-state index in [0.29, 0.717) is 17.0 Å². The van der Waals surface area contributed by atoms with E-state index in [9.17, 15) is 10.1 Å². The van der Waals surface area contributed by atoms with E-state index in [2.05, 4.69) is 11.9 Å². The number of oxazole rings is 1. The van der Waals surface area contributed by atoms with E-state index >= 15 is 0 Å². The van der Waals surface area contributed by atoms with E-state index in [4.69, 9.17) is 10.2 Å². The number of nitro groups is 1. The maximum absolute atomic E-state index is 10.9. The number of hydrogen-bond acceptors (Lipinski definition) is 5. The zero-order valence-electron chi connectivity index (χ0n) is 11.4. The van der Waals surface area contributed by atoms with Crippen LogP contribution in [0.1, 0.15) is 12.5 Å². The van der Waals surface area contributed by atoms with Gasteiger partial charge in [0.1, 0.15) is 11.2 Å². The third-order valence-corrected chi connectivity index (χ3v) is 3.33. The van der Waals surface area contributed by atoms with Crippen molar-refractivity contribution in [2.24, 2.45) is 0 Å². The van der Waals surface area contributed by atoms with E-state index in [-0.39, 0.29) is 11.4 Å². The summed E-state index contributed by atoms with van der Waals surface area (Å²) in [5.74, 6) is 0.348. The number of hydrogen-bond donors (Lipinski definition) is 1. The summed E-state index contributed by atoms with van der Waals surface area (Å²) in [7, 11) is 0. The molecule has 0 radical (unpaired) electrons. The standard InChI is InChI=1S/C15H13N3O3/c1-2-9-3-6-14-12(7-9)17-15(21-14)10-4-5-11(16)13(8-10)18(19)20/h3-8H,2,16H2,1H3. The number of aryl methyl sites for hydroxylation is 1. The Labute approximate surface area is 120 Å². The number of nitro benzene ring substituents is 1. The summed E-state index contributed by atoms with van der Waals surface area (Å²) >= 11 is 0. The van der Waals surface area contributed by atoms with Crippen LogP contribution in [0.3, 0.4) is 0 Å². The molecule has 0 spiro atoms. The third-order valence-electron chi connectivity index (χ3n) is 3.33. The highest BCUT2D eigenvalue weighted by molar-refractivity contribution is 5.78. The Bertz CT molecular complexity index is 839. The molecular weight excluding hydrogens is 270 g/mol. The first kappa shape index (κ1) is 13.1. The van der Waals surface area contributed by atoms with Crippen LogP contribution in [0, 0.1) is 10.1 Å². The van der Waals surface area contributed by atoms with Gasteiger partial charge in [0.05, 0.1) is 4.92 Å². The van der Waals surface area contributed by atoms with E-state index < -0.39 is 4.92 Å². The molecule has 106 valence electrons. The SMILES string of the molecule is CCc1ccc2oc(-c3ccc(N)c([N+](=O)[O-])c3)nc2c1. The molecule has 0 saturated carbocycles. The molecule has 3 rings (SSSR count). The van der Waals surface area contributed by atoms with Crippen LogP contribution in [0.2, 0.25) is 0 Å². The molecule has 0 aliphatic heterocycles. The quantitative estimate of drug-likeness (QED) is 0.450. The minimum absolute atomic E-state index is 0.119. The number of nitrogens with zero attached hydrogens (tertiary/aromatic N) is 2. The minimum Gasteiger partial charge on any atom is -0.436 e. The van der Waals surface area contributed by atoms with Gasteiger partial charge in [-0.2, -0.15) is 0 Å². The number of benzene rings is 2. The van der Waals surface area contributed by atoms with E-state index in [1.807, 2.05) is 18.2 Å². The number of rotatable bonds is 3. The largest absolute Gasteiger partial charge is 0.436 e. The van der Waals surface area contributed by atoms with Gasteiger partial charge in [-0.3, -0.25) is 10.1 Å². The van der Waals surface area contributed by atoms with Crippen LogP contribution in [-0.4, -0.2) is 9.91 Å². The molecule has 0 atom stereocenters. The second-order valence-corrected chi connectivity index (χ2v) is 4.71.